The van der Waals surface area contributed by atoms with Crippen molar-refractivity contribution in [2.45, 2.75) is 48.5 Å². The van der Waals surface area contributed by atoms with Gasteiger partial charge in [0.25, 0.3) is 0 Å². The van der Waals surface area contributed by atoms with Gasteiger partial charge in [-0.25, -0.2) is 15.0 Å². The molecule has 0 spiro atoms. The second kappa shape index (κ2) is 7.14. The van der Waals surface area contributed by atoms with Crippen LogP contribution in [0.1, 0.15) is 19.1 Å². The molecule has 0 bridgehead atoms. The molecule has 2 aromatic rings. The number of hydrogen-bond donors (Lipinski definition) is 3. The van der Waals surface area contributed by atoms with E-state index in [2.05, 4.69) is 15.0 Å². The zero-order chi connectivity index (χ0) is 17.4. The lowest BCUT2D eigenvalue weighted by atomic mass is 10.1. The lowest BCUT2D eigenvalue weighted by Crippen LogP contribution is -2.33. The molecule has 136 valence electrons. The Morgan fingerprint density at radius 2 is 2.12 bits per heavy atom. The van der Waals surface area contributed by atoms with E-state index in [1.165, 1.54) is 12.7 Å². The maximum atomic E-state index is 10.2. The molecule has 9 nitrogen and oxygen atoms in total. The summed E-state index contributed by atoms with van der Waals surface area (Å²) in [4.78, 5) is 12.9. The number of nitrogens with zero attached hydrogens (tertiary/aromatic N) is 4. The molecule has 0 radical (unpaired) electrons. The number of imidazole rings is 1. The molecule has 1 unspecified atom stereocenters. The highest BCUT2D eigenvalue weighted by Crippen LogP contribution is 2.33. The zero-order valence-electron chi connectivity index (χ0n) is 13.4. The van der Waals surface area contributed by atoms with Crippen molar-refractivity contribution in [3.63, 3.8) is 0 Å². The largest absolute Gasteiger partial charge is 0.394 e. The molecule has 2 aromatic heterocycles. The number of aliphatic hydroxyl groups excluding tert-OH is 3. The van der Waals surface area contributed by atoms with Gasteiger partial charge in [-0.1, -0.05) is 0 Å². The summed E-state index contributed by atoms with van der Waals surface area (Å²) >= 11 is 1.56. The predicted octanol–water partition coefficient (Wildman–Crippen LogP) is -0.291. The molecule has 2 fully saturated rings. The van der Waals surface area contributed by atoms with Crippen LogP contribution in [0.4, 0.5) is 0 Å². The molecule has 4 rings (SSSR count). The summed E-state index contributed by atoms with van der Waals surface area (Å²) in [7, 11) is 0. The van der Waals surface area contributed by atoms with Crippen LogP contribution in [-0.2, 0) is 9.47 Å². The lowest BCUT2D eigenvalue weighted by Gasteiger charge is -2.16. The molecule has 10 heteroatoms. The summed E-state index contributed by atoms with van der Waals surface area (Å²) < 4.78 is 12.7. The molecule has 5 atom stereocenters. The number of aromatic nitrogens is 4. The third-order valence-electron chi connectivity index (χ3n) is 4.55. The van der Waals surface area contributed by atoms with Crippen LogP contribution in [-0.4, -0.2) is 78.2 Å². The van der Waals surface area contributed by atoms with E-state index >= 15 is 0 Å². The third kappa shape index (κ3) is 3.14. The Morgan fingerprint density at radius 3 is 2.84 bits per heavy atom. The average Bonchev–Trinajstić information content (AvgIpc) is 3.34. The number of thioether (sulfide) groups is 1. The molecule has 0 aromatic carbocycles. The topological polar surface area (TPSA) is 123 Å². The van der Waals surface area contributed by atoms with Gasteiger partial charge in [0.2, 0.25) is 0 Å². The maximum Gasteiger partial charge on any atom is 0.166 e. The fourth-order valence-corrected chi connectivity index (χ4v) is 4.19. The van der Waals surface area contributed by atoms with Crippen LogP contribution in [0.15, 0.2) is 17.7 Å². The zero-order valence-corrected chi connectivity index (χ0v) is 14.2. The van der Waals surface area contributed by atoms with Gasteiger partial charge >= 0.3 is 0 Å². The third-order valence-corrected chi connectivity index (χ3v) is 5.66. The van der Waals surface area contributed by atoms with E-state index in [-0.39, 0.29) is 12.7 Å². The van der Waals surface area contributed by atoms with Gasteiger partial charge in [0.1, 0.15) is 35.2 Å². The Bertz CT molecular complexity index is 738. The lowest BCUT2D eigenvalue weighted by molar-refractivity contribution is -0.0511. The van der Waals surface area contributed by atoms with Gasteiger partial charge in [-0.05, 0) is 12.8 Å². The van der Waals surface area contributed by atoms with Crippen LogP contribution in [0.3, 0.4) is 0 Å². The summed E-state index contributed by atoms with van der Waals surface area (Å²) in [5.74, 6) is 0.798. The van der Waals surface area contributed by atoms with Gasteiger partial charge in [-0.2, -0.15) is 0 Å². The van der Waals surface area contributed by atoms with Gasteiger partial charge < -0.3 is 24.8 Å². The molecule has 4 heterocycles. The minimum atomic E-state index is -1.17. The molecule has 0 aliphatic carbocycles. The van der Waals surface area contributed by atoms with Crippen LogP contribution in [0.25, 0.3) is 11.2 Å². The molecule has 3 N–H and O–H groups in total. The Labute approximate surface area is 148 Å². The summed E-state index contributed by atoms with van der Waals surface area (Å²) in [5, 5.41) is 30.1. The first kappa shape index (κ1) is 17.1. The standard InChI is InChI=1S/C15H20N4O5S/c20-4-9-11(21)12(22)15(24-9)19-7-18-10-13(19)16-6-17-14(10)25-5-8-2-1-3-23-8/h6-9,11-12,15,20-22H,1-5H2/t8?,9-,11-,12-,15-/m1/s1. The summed E-state index contributed by atoms with van der Waals surface area (Å²) in [6.07, 6.45) is 1.29. The van der Waals surface area contributed by atoms with Crippen molar-refractivity contribution in [1.82, 2.24) is 19.5 Å². The van der Waals surface area contributed by atoms with Gasteiger partial charge in [0.05, 0.1) is 19.0 Å². The fourth-order valence-electron chi connectivity index (χ4n) is 3.18. The van der Waals surface area contributed by atoms with Crippen molar-refractivity contribution in [2.75, 3.05) is 19.0 Å². The minimum absolute atomic E-state index is 0.234. The van der Waals surface area contributed by atoms with Crippen molar-refractivity contribution in [2.24, 2.45) is 0 Å². The van der Waals surface area contributed by atoms with Crippen molar-refractivity contribution in [1.29, 1.82) is 0 Å². The fraction of sp³-hybridized carbons (Fsp3) is 0.667. The number of ether oxygens (including phenoxy) is 2. The summed E-state index contributed by atoms with van der Waals surface area (Å²) in [5.41, 5.74) is 1.13. The van der Waals surface area contributed by atoms with Gasteiger partial charge in [0.15, 0.2) is 11.9 Å². The Morgan fingerprint density at radius 1 is 1.24 bits per heavy atom. The Balaban J connectivity index is 1.58. The number of aliphatic hydroxyl groups is 3. The van der Waals surface area contributed by atoms with Gasteiger partial charge in [-0.15, -0.1) is 11.8 Å². The summed E-state index contributed by atoms with van der Waals surface area (Å²) in [6, 6.07) is 0. The first-order chi connectivity index (χ1) is 12.2. The molecular weight excluding hydrogens is 348 g/mol. The van der Waals surface area contributed by atoms with Crippen LogP contribution < -0.4 is 0 Å². The van der Waals surface area contributed by atoms with E-state index in [4.69, 9.17) is 9.47 Å². The van der Waals surface area contributed by atoms with Crippen molar-refractivity contribution < 1.29 is 24.8 Å². The average molecular weight is 368 g/mol. The van der Waals surface area contributed by atoms with E-state index in [0.29, 0.717) is 11.2 Å². The molecule has 2 aliphatic rings. The monoisotopic (exact) mass is 368 g/mol. The van der Waals surface area contributed by atoms with E-state index in [1.54, 1.807) is 16.3 Å². The second-order valence-electron chi connectivity index (χ2n) is 6.18. The highest BCUT2D eigenvalue weighted by atomic mass is 32.2. The SMILES string of the molecule is OC[C@H]1O[C@@H](n2cnc3c(SCC4CCCO4)ncnc32)[C@H](O)[C@@H]1O. The number of hydrogen-bond acceptors (Lipinski definition) is 9. The van der Waals surface area contributed by atoms with Crippen molar-refractivity contribution in [3.8, 4) is 0 Å². The molecular formula is C15H20N4O5S. The van der Waals surface area contributed by atoms with Gasteiger partial charge in [0, 0.05) is 12.4 Å². The highest BCUT2D eigenvalue weighted by molar-refractivity contribution is 7.99. The first-order valence-electron chi connectivity index (χ1n) is 8.23. The second-order valence-corrected chi connectivity index (χ2v) is 7.19. The quantitative estimate of drug-likeness (QED) is 0.482. The van der Waals surface area contributed by atoms with E-state index in [0.717, 1.165) is 30.2 Å². The minimum Gasteiger partial charge on any atom is -0.394 e. The van der Waals surface area contributed by atoms with E-state index in [1.807, 2.05) is 0 Å². The van der Waals surface area contributed by atoms with Gasteiger partial charge in [-0.3, -0.25) is 4.57 Å². The molecule has 0 amide bonds. The smallest absolute Gasteiger partial charge is 0.166 e. The highest BCUT2D eigenvalue weighted by Gasteiger charge is 2.44. The molecule has 0 saturated carbocycles. The van der Waals surface area contributed by atoms with E-state index < -0.39 is 24.5 Å². The Hall–Kier alpha value is -1.30. The Kier molecular flexibility index (Phi) is 4.89. The number of rotatable bonds is 5. The maximum absolute atomic E-state index is 10.2. The normalized spacial score (nSPS) is 32.7. The molecule has 2 aliphatic heterocycles. The van der Waals surface area contributed by atoms with Crippen LogP contribution >= 0.6 is 11.8 Å². The van der Waals surface area contributed by atoms with Crippen LogP contribution in [0, 0.1) is 0 Å². The van der Waals surface area contributed by atoms with Crippen LogP contribution in [0.5, 0.6) is 0 Å². The van der Waals surface area contributed by atoms with Crippen molar-refractivity contribution in [3.05, 3.63) is 12.7 Å². The molecule has 25 heavy (non-hydrogen) atoms. The van der Waals surface area contributed by atoms with Crippen molar-refractivity contribution >= 4 is 22.9 Å². The van der Waals surface area contributed by atoms with E-state index in [9.17, 15) is 15.3 Å². The molecule has 2 saturated heterocycles. The van der Waals surface area contributed by atoms with Crippen LogP contribution in [0.2, 0.25) is 0 Å². The predicted molar refractivity (Wildman–Crippen MR) is 88.0 cm³/mol. The number of fused-ring (bicyclic) bond motifs is 1. The first-order valence-corrected chi connectivity index (χ1v) is 9.22. The summed E-state index contributed by atoms with van der Waals surface area (Å²) in [6.45, 7) is 0.434.